The van der Waals surface area contributed by atoms with Crippen LogP contribution < -0.4 is 5.56 Å². The Morgan fingerprint density at radius 2 is 1.90 bits per heavy atom. The number of benzene rings is 2. The van der Waals surface area contributed by atoms with Crippen LogP contribution in [0.5, 0.6) is 0 Å². The molecular formula is C24H23FN2OS2. The van der Waals surface area contributed by atoms with Gasteiger partial charge in [-0.3, -0.25) is 9.36 Å². The Morgan fingerprint density at radius 1 is 1.13 bits per heavy atom. The van der Waals surface area contributed by atoms with Crippen molar-refractivity contribution in [2.75, 3.05) is 0 Å². The van der Waals surface area contributed by atoms with E-state index in [1.165, 1.54) is 28.8 Å². The summed E-state index contributed by atoms with van der Waals surface area (Å²) in [4.78, 5) is 20.6. The Bertz CT molecular complexity index is 1260. The second-order valence-corrected chi connectivity index (χ2v) is 9.40. The molecule has 0 amide bonds. The van der Waals surface area contributed by atoms with Crippen LogP contribution in [-0.4, -0.2) is 9.55 Å². The highest BCUT2D eigenvalue weighted by molar-refractivity contribution is 7.98. The highest BCUT2D eigenvalue weighted by Gasteiger charge is 2.19. The van der Waals surface area contributed by atoms with Crippen molar-refractivity contribution in [2.24, 2.45) is 0 Å². The zero-order chi connectivity index (χ0) is 21.3. The molecule has 6 heteroatoms. The Kier molecular flexibility index (Phi) is 6.06. The number of hydrogen-bond donors (Lipinski definition) is 0. The lowest BCUT2D eigenvalue weighted by Gasteiger charge is -2.13. The maximum Gasteiger partial charge on any atom is 0.267 e. The van der Waals surface area contributed by atoms with Gasteiger partial charge in [-0.15, -0.1) is 11.3 Å². The van der Waals surface area contributed by atoms with Crippen molar-refractivity contribution >= 4 is 33.3 Å². The number of thiophene rings is 1. The second-order valence-electron chi connectivity index (χ2n) is 7.37. The Hall–Kier alpha value is -2.44. The summed E-state index contributed by atoms with van der Waals surface area (Å²) in [6, 6.07) is 14.4. The average Bonchev–Trinajstić information content (AvgIpc) is 3.03. The third-order valence-corrected chi connectivity index (χ3v) is 7.31. The molecule has 2 aromatic carbocycles. The molecule has 0 saturated carbocycles. The van der Waals surface area contributed by atoms with Crippen LogP contribution in [0, 0.1) is 19.7 Å². The minimum Gasteiger partial charge on any atom is -0.268 e. The predicted molar refractivity (Wildman–Crippen MR) is 125 cm³/mol. The summed E-state index contributed by atoms with van der Waals surface area (Å²) >= 11 is 3.12. The van der Waals surface area contributed by atoms with Crippen molar-refractivity contribution in [1.82, 2.24) is 9.55 Å². The minimum atomic E-state index is -0.252. The van der Waals surface area contributed by atoms with Crippen molar-refractivity contribution in [3.8, 4) is 5.69 Å². The Morgan fingerprint density at radius 3 is 2.60 bits per heavy atom. The van der Waals surface area contributed by atoms with E-state index in [4.69, 9.17) is 4.98 Å². The summed E-state index contributed by atoms with van der Waals surface area (Å²) in [5.41, 5.74) is 3.91. The zero-order valence-corrected chi connectivity index (χ0v) is 18.9. The van der Waals surface area contributed by atoms with Crippen LogP contribution in [0.2, 0.25) is 0 Å². The topological polar surface area (TPSA) is 34.9 Å². The summed E-state index contributed by atoms with van der Waals surface area (Å²) < 4.78 is 15.0. The lowest BCUT2D eigenvalue weighted by Crippen LogP contribution is -2.21. The number of nitrogens with zero attached hydrogens (tertiary/aromatic N) is 2. The lowest BCUT2D eigenvalue weighted by molar-refractivity contribution is 0.627. The first-order valence-corrected chi connectivity index (χ1v) is 11.8. The van der Waals surface area contributed by atoms with Crippen LogP contribution in [0.3, 0.4) is 0 Å². The number of fused-ring (bicyclic) bond motifs is 1. The van der Waals surface area contributed by atoms with Gasteiger partial charge in [-0.2, -0.15) is 0 Å². The van der Waals surface area contributed by atoms with Gasteiger partial charge in [-0.25, -0.2) is 9.37 Å². The molecular weight excluding hydrogens is 415 g/mol. The van der Waals surface area contributed by atoms with Crippen LogP contribution >= 0.6 is 23.1 Å². The van der Waals surface area contributed by atoms with E-state index in [1.807, 2.05) is 38.1 Å². The highest BCUT2D eigenvalue weighted by atomic mass is 32.2. The largest absolute Gasteiger partial charge is 0.268 e. The van der Waals surface area contributed by atoms with Crippen LogP contribution in [-0.2, 0) is 12.2 Å². The van der Waals surface area contributed by atoms with Crippen molar-refractivity contribution in [2.45, 2.75) is 44.5 Å². The van der Waals surface area contributed by atoms with Crippen molar-refractivity contribution in [3.05, 3.63) is 86.3 Å². The van der Waals surface area contributed by atoms with E-state index in [-0.39, 0.29) is 11.4 Å². The van der Waals surface area contributed by atoms with Crippen molar-refractivity contribution in [3.63, 3.8) is 0 Å². The molecule has 0 aliphatic rings. The smallest absolute Gasteiger partial charge is 0.267 e. The maximum atomic E-state index is 13.6. The van der Waals surface area contributed by atoms with Gasteiger partial charge in [0.2, 0.25) is 0 Å². The summed E-state index contributed by atoms with van der Waals surface area (Å²) in [7, 11) is 0. The summed E-state index contributed by atoms with van der Waals surface area (Å²) in [6.45, 7) is 6.19. The molecule has 0 bridgehead atoms. The van der Waals surface area contributed by atoms with Gasteiger partial charge < -0.3 is 0 Å². The molecule has 30 heavy (non-hydrogen) atoms. The van der Waals surface area contributed by atoms with Crippen molar-refractivity contribution in [1.29, 1.82) is 0 Å². The van der Waals surface area contributed by atoms with Gasteiger partial charge in [0.05, 0.1) is 11.1 Å². The Labute approximate surface area is 183 Å². The molecule has 0 spiro atoms. The first kappa shape index (κ1) is 20.8. The van der Waals surface area contributed by atoms with E-state index in [0.29, 0.717) is 10.9 Å². The lowest BCUT2D eigenvalue weighted by atomic mass is 10.1. The van der Waals surface area contributed by atoms with Gasteiger partial charge in [-0.05, 0) is 61.2 Å². The summed E-state index contributed by atoms with van der Waals surface area (Å²) in [5.74, 6) is 0.355. The molecule has 0 saturated heterocycles. The molecule has 0 radical (unpaired) electrons. The van der Waals surface area contributed by atoms with Gasteiger partial charge >= 0.3 is 0 Å². The molecule has 0 aliphatic heterocycles. The predicted octanol–water partition coefficient (Wildman–Crippen LogP) is 6.45. The molecule has 0 aliphatic carbocycles. The second kappa shape index (κ2) is 8.74. The molecule has 0 atom stereocenters. The summed E-state index contributed by atoms with van der Waals surface area (Å²) in [5, 5.41) is 1.38. The maximum absolute atomic E-state index is 13.6. The average molecular weight is 439 g/mol. The zero-order valence-electron chi connectivity index (χ0n) is 17.2. The van der Waals surface area contributed by atoms with E-state index in [0.717, 1.165) is 45.4 Å². The highest BCUT2D eigenvalue weighted by Crippen LogP contribution is 2.32. The van der Waals surface area contributed by atoms with Crippen LogP contribution in [0.1, 0.15) is 34.9 Å². The number of rotatable bonds is 6. The molecule has 4 aromatic rings. The van der Waals surface area contributed by atoms with Crippen LogP contribution in [0.15, 0.2) is 58.5 Å². The minimum absolute atomic E-state index is 0.0247. The molecule has 0 N–H and O–H groups in total. The normalized spacial score (nSPS) is 11.3. The first-order chi connectivity index (χ1) is 14.5. The monoisotopic (exact) mass is 438 g/mol. The van der Waals surface area contributed by atoms with Gasteiger partial charge in [0.25, 0.3) is 5.56 Å². The third-order valence-electron chi connectivity index (χ3n) is 5.05. The van der Waals surface area contributed by atoms with Crippen molar-refractivity contribution < 1.29 is 4.39 Å². The van der Waals surface area contributed by atoms with Crippen LogP contribution in [0.4, 0.5) is 4.39 Å². The Balaban J connectivity index is 1.86. The molecule has 2 aromatic heterocycles. The number of halogens is 1. The van der Waals surface area contributed by atoms with E-state index in [9.17, 15) is 9.18 Å². The molecule has 154 valence electrons. The van der Waals surface area contributed by atoms with Gasteiger partial charge in [-0.1, -0.05) is 49.4 Å². The fourth-order valence-electron chi connectivity index (χ4n) is 3.50. The fourth-order valence-corrected chi connectivity index (χ4v) is 5.78. The molecule has 0 fully saturated rings. The van der Waals surface area contributed by atoms with Gasteiger partial charge in [0.15, 0.2) is 5.16 Å². The third kappa shape index (κ3) is 4.07. The number of thioether (sulfide) groups is 1. The van der Waals surface area contributed by atoms with E-state index >= 15 is 0 Å². The molecule has 0 unspecified atom stereocenters. The molecule has 4 rings (SSSR count). The van der Waals surface area contributed by atoms with E-state index < -0.39 is 0 Å². The number of hydrogen-bond acceptors (Lipinski definition) is 4. The first-order valence-electron chi connectivity index (χ1n) is 9.97. The van der Waals surface area contributed by atoms with Gasteiger partial charge in [0, 0.05) is 10.6 Å². The number of aryl methyl sites for hydroxylation is 3. The standard InChI is InChI=1S/C24H23FN2OS2/c1-4-6-20-16(3)21-22(30-20)26-24(29-14-17-9-11-18(25)12-10-17)27(23(21)28)19-8-5-7-15(2)13-19/h5,7-13H,4,6,14H2,1-3H3. The van der Waals surface area contributed by atoms with E-state index in [1.54, 1.807) is 28.0 Å². The number of aromatic nitrogens is 2. The quantitative estimate of drug-likeness (QED) is 0.256. The summed E-state index contributed by atoms with van der Waals surface area (Å²) in [6.07, 6.45) is 1.99. The SMILES string of the molecule is CCCc1sc2nc(SCc3ccc(F)cc3)n(-c3cccc(C)c3)c(=O)c2c1C. The molecule has 2 heterocycles. The molecule has 3 nitrogen and oxygen atoms in total. The fraction of sp³-hybridized carbons (Fsp3) is 0.250. The van der Waals surface area contributed by atoms with Crippen LogP contribution in [0.25, 0.3) is 15.9 Å². The van der Waals surface area contributed by atoms with Gasteiger partial charge in [0.1, 0.15) is 10.6 Å². The van der Waals surface area contributed by atoms with E-state index in [2.05, 4.69) is 6.92 Å².